The zero-order valence-electron chi connectivity index (χ0n) is 18.0. The van der Waals surface area contributed by atoms with Crippen LogP contribution in [0.25, 0.3) is 0 Å². The molecule has 0 amide bonds. The lowest BCUT2D eigenvalue weighted by atomic mass is 9.91. The second-order valence-corrected chi connectivity index (χ2v) is 9.92. The van der Waals surface area contributed by atoms with Gasteiger partial charge in [0.2, 0.25) is 0 Å². The zero-order chi connectivity index (χ0) is 21.5. The molecule has 1 fully saturated rings. The van der Waals surface area contributed by atoms with Crippen LogP contribution in [0.5, 0.6) is 11.5 Å². The van der Waals surface area contributed by atoms with Crippen molar-refractivity contribution in [2.75, 3.05) is 13.1 Å². The highest BCUT2D eigenvalue weighted by atomic mass is 32.2. The van der Waals surface area contributed by atoms with E-state index in [2.05, 4.69) is 46.8 Å². The van der Waals surface area contributed by atoms with Crippen LogP contribution >= 0.6 is 11.9 Å². The topological polar surface area (TPSA) is 21.7 Å². The molecule has 2 aliphatic carbocycles. The van der Waals surface area contributed by atoms with E-state index in [-0.39, 0.29) is 5.82 Å². The fraction of sp³-hybridized carbons (Fsp3) is 0.333. The van der Waals surface area contributed by atoms with Crippen LogP contribution in [0, 0.1) is 5.82 Å². The predicted octanol–water partition coefficient (Wildman–Crippen LogP) is 6.70. The Morgan fingerprint density at radius 1 is 0.938 bits per heavy atom. The minimum atomic E-state index is -1.05. The van der Waals surface area contributed by atoms with Gasteiger partial charge in [-0.05, 0) is 55.2 Å². The molecule has 1 unspecified atom stereocenters. The molecule has 1 atom stereocenters. The standard InChI is InChI=1S/C27H26FNO2S/c28-23-17-24-25(18-26(23)32-29-15-7-2-8-16-29)31-27(30-24)21-11-4-1-3-9-19(21)13-14-20-10-5-6-12-22(20)27/h1,3-6,9-10,12,17-18H,2,7-8,11,13-16H2. The summed E-state index contributed by atoms with van der Waals surface area (Å²) in [5.41, 5.74) is 4.58. The highest BCUT2D eigenvalue weighted by molar-refractivity contribution is 7.97. The van der Waals surface area contributed by atoms with Crippen LogP contribution in [0.1, 0.15) is 43.2 Å². The van der Waals surface area contributed by atoms with Crippen LogP contribution in [-0.4, -0.2) is 17.4 Å². The van der Waals surface area contributed by atoms with E-state index >= 15 is 4.39 Å². The highest BCUT2D eigenvalue weighted by Crippen LogP contribution is 2.53. The van der Waals surface area contributed by atoms with Crippen LogP contribution in [0.2, 0.25) is 0 Å². The monoisotopic (exact) mass is 447 g/mol. The van der Waals surface area contributed by atoms with Crippen LogP contribution < -0.4 is 9.47 Å². The molecule has 1 spiro atoms. The summed E-state index contributed by atoms with van der Waals surface area (Å²) in [6, 6.07) is 11.7. The Balaban J connectivity index is 1.43. The summed E-state index contributed by atoms with van der Waals surface area (Å²) in [6.07, 6.45) is 14.6. The van der Waals surface area contributed by atoms with Crippen LogP contribution in [0.15, 0.2) is 76.7 Å². The molecule has 0 bridgehead atoms. The van der Waals surface area contributed by atoms with Gasteiger partial charge in [-0.15, -0.1) is 0 Å². The van der Waals surface area contributed by atoms with Crippen molar-refractivity contribution in [2.24, 2.45) is 0 Å². The van der Waals surface area contributed by atoms with Crippen molar-refractivity contribution in [3.05, 3.63) is 88.8 Å². The maximum atomic E-state index is 15.1. The molecule has 2 aromatic rings. The maximum absolute atomic E-state index is 15.1. The molecule has 0 saturated carbocycles. The van der Waals surface area contributed by atoms with E-state index in [1.165, 1.54) is 35.6 Å². The number of rotatable bonds is 2. The fourth-order valence-corrected chi connectivity index (χ4v) is 6.17. The van der Waals surface area contributed by atoms with Crippen molar-refractivity contribution < 1.29 is 13.9 Å². The summed E-state index contributed by atoms with van der Waals surface area (Å²) in [7, 11) is 0. The number of aryl methyl sites for hydroxylation is 1. The molecule has 0 N–H and O–H groups in total. The molecule has 2 aliphatic heterocycles. The van der Waals surface area contributed by atoms with Crippen LogP contribution in [0.4, 0.5) is 4.39 Å². The first-order valence-electron chi connectivity index (χ1n) is 11.5. The average molecular weight is 448 g/mol. The van der Waals surface area contributed by atoms with Crippen molar-refractivity contribution in [1.29, 1.82) is 0 Å². The molecule has 2 aromatic carbocycles. The lowest BCUT2D eigenvalue weighted by molar-refractivity contribution is -0.0522. The number of ether oxygens (including phenoxy) is 2. The van der Waals surface area contributed by atoms with Gasteiger partial charge in [-0.1, -0.05) is 55.0 Å². The summed E-state index contributed by atoms with van der Waals surface area (Å²) in [6.45, 7) is 1.98. The third-order valence-electron chi connectivity index (χ3n) is 6.74. The van der Waals surface area contributed by atoms with Gasteiger partial charge in [-0.25, -0.2) is 8.70 Å². The Hall–Kier alpha value is -2.50. The lowest BCUT2D eigenvalue weighted by Crippen LogP contribution is -2.38. The third-order valence-corrected chi connectivity index (χ3v) is 7.87. The molecule has 2 heterocycles. The number of benzene rings is 2. The Kier molecular flexibility index (Phi) is 5.11. The van der Waals surface area contributed by atoms with Crippen molar-refractivity contribution in [2.45, 2.75) is 49.2 Å². The predicted molar refractivity (Wildman–Crippen MR) is 125 cm³/mol. The third kappa shape index (κ3) is 3.39. The molecule has 6 rings (SSSR count). The normalized spacial score (nSPS) is 24.3. The van der Waals surface area contributed by atoms with E-state index in [4.69, 9.17) is 9.47 Å². The minimum absolute atomic E-state index is 0.253. The van der Waals surface area contributed by atoms with Gasteiger partial charge in [0.15, 0.2) is 11.5 Å². The van der Waals surface area contributed by atoms with Crippen molar-refractivity contribution in [3.8, 4) is 11.5 Å². The number of fused-ring (bicyclic) bond motifs is 4. The van der Waals surface area contributed by atoms with Gasteiger partial charge in [0, 0.05) is 36.4 Å². The number of hydrogen-bond acceptors (Lipinski definition) is 4. The summed E-state index contributed by atoms with van der Waals surface area (Å²) in [5.74, 6) is -0.209. The molecular formula is C27H26FNO2S. The molecule has 5 heteroatoms. The van der Waals surface area contributed by atoms with Gasteiger partial charge in [-0.2, -0.15) is 0 Å². The fourth-order valence-electron chi connectivity index (χ4n) is 5.14. The number of halogens is 1. The van der Waals surface area contributed by atoms with Gasteiger partial charge < -0.3 is 9.47 Å². The van der Waals surface area contributed by atoms with E-state index in [1.807, 2.05) is 12.1 Å². The Morgan fingerprint density at radius 3 is 2.62 bits per heavy atom. The van der Waals surface area contributed by atoms with Crippen molar-refractivity contribution >= 4 is 11.9 Å². The molecule has 3 nitrogen and oxygen atoms in total. The molecule has 32 heavy (non-hydrogen) atoms. The summed E-state index contributed by atoms with van der Waals surface area (Å²) in [4.78, 5) is 0.600. The summed E-state index contributed by atoms with van der Waals surface area (Å²) < 4.78 is 30.7. The SMILES string of the molecule is Fc1cc2c(cc1SN1CCCCC1)OC1(O2)C2=C(C=CC=CC2)CCc2ccccc21. The molecule has 164 valence electrons. The van der Waals surface area contributed by atoms with Crippen LogP contribution in [-0.2, 0) is 12.2 Å². The maximum Gasteiger partial charge on any atom is 0.302 e. The van der Waals surface area contributed by atoms with E-state index < -0.39 is 5.79 Å². The molecule has 0 radical (unpaired) electrons. The van der Waals surface area contributed by atoms with E-state index in [1.54, 1.807) is 0 Å². The first kappa shape index (κ1) is 20.1. The van der Waals surface area contributed by atoms with Gasteiger partial charge in [-0.3, -0.25) is 0 Å². The molecular weight excluding hydrogens is 421 g/mol. The van der Waals surface area contributed by atoms with E-state index in [9.17, 15) is 0 Å². The smallest absolute Gasteiger partial charge is 0.302 e. The van der Waals surface area contributed by atoms with Gasteiger partial charge in [0.05, 0.1) is 4.90 Å². The number of nitrogens with zero attached hydrogens (tertiary/aromatic N) is 1. The summed E-state index contributed by atoms with van der Waals surface area (Å²) in [5, 5.41) is 0. The minimum Gasteiger partial charge on any atom is -0.441 e. The Morgan fingerprint density at radius 2 is 1.75 bits per heavy atom. The second-order valence-electron chi connectivity index (χ2n) is 8.78. The Labute approximate surface area is 192 Å². The quantitative estimate of drug-likeness (QED) is 0.478. The second kappa shape index (κ2) is 8.13. The first-order valence-corrected chi connectivity index (χ1v) is 12.3. The Bertz CT molecular complexity index is 1150. The van der Waals surface area contributed by atoms with Gasteiger partial charge in [0.1, 0.15) is 5.82 Å². The lowest BCUT2D eigenvalue weighted by Gasteiger charge is -2.31. The number of allylic oxidation sites excluding steroid dienone is 5. The van der Waals surface area contributed by atoms with Gasteiger partial charge in [0.25, 0.3) is 0 Å². The molecule has 1 saturated heterocycles. The van der Waals surface area contributed by atoms with Gasteiger partial charge >= 0.3 is 5.79 Å². The van der Waals surface area contributed by atoms with Crippen LogP contribution in [0.3, 0.4) is 0 Å². The first-order chi connectivity index (χ1) is 15.7. The van der Waals surface area contributed by atoms with E-state index in [0.717, 1.165) is 56.3 Å². The largest absolute Gasteiger partial charge is 0.441 e. The van der Waals surface area contributed by atoms with E-state index in [0.29, 0.717) is 16.4 Å². The summed E-state index contributed by atoms with van der Waals surface area (Å²) >= 11 is 1.50. The number of piperidine rings is 1. The average Bonchev–Trinajstić information content (AvgIpc) is 2.95. The molecule has 4 aliphatic rings. The molecule has 0 aromatic heterocycles. The number of hydrogen-bond donors (Lipinski definition) is 0. The zero-order valence-corrected chi connectivity index (χ0v) is 18.8. The van der Waals surface area contributed by atoms with Crippen molar-refractivity contribution in [3.63, 3.8) is 0 Å². The highest BCUT2D eigenvalue weighted by Gasteiger charge is 2.50. The van der Waals surface area contributed by atoms with Crippen molar-refractivity contribution in [1.82, 2.24) is 4.31 Å².